The number of rotatable bonds is 4. The fourth-order valence-corrected chi connectivity index (χ4v) is 5.10. The van der Waals surface area contributed by atoms with Crippen LogP contribution in [0.4, 0.5) is 0 Å². The van der Waals surface area contributed by atoms with Gasteiger partial charge >= 0.3 is 5.97 Å². The molecule has 0 amide bonds. The van der Waals surface area contributed by atoms with Gasteiger partial charge in [-0.1, -0.05) is 72.3 Å². The minimum atomic E-state index is -0.561. The van der Waals surface area contributed by atoms with Gasteiger partial charge in [-0.3, -0.25) is 0 Å². The zero-order valence-electron chi connectivity index (χ0n) is 17.0. The Balaban J connectivity index is 1.55. The van der Waals surface area contributed by atoms with Gasteiger partial charge in [-0.2, -0.15) is 0 Å². The Morgan fingerprint density at radius 1 is 1.00 bits per heavy atom. The first-order chi connectivity index (χ1) is 14.6. The molecule has 30 heavy (non-hydrogen) atoms. The van der Waals surface area contributed by atoms with Crippen molar-refractivity contribution >= 4 is 12.0 Å². The molecule has 2 atom stereocenters. The van der Waals surface area contributed by atoms with Gasteiger partial charge in [-0.05, 0) is 59.2 Å². The van der Waals surface area contributed by atoms with Crippen molar-refractivity contribution in [2.45, 2.75) is 25.4 Å². The van der Waals surface area contributed by atoms with Crippen molar-refractivity contribution in [3.63, 3.8) is 0 Å². The third-order valence-electron chi connectivity index (χ3n) is 6.68. The van der Waals surface area contributed by atoms with Crippen LogP contribution in [0.15, 0.2) is 78.4 Å². The second-order valence-electron chi connectivity index (χ2n) is 8.34. The van der Waals surface area contributed by atoms with E-state index in [1.165, 1.54) is 29.4 Å². The molecule has 3 heteroatoms. The molecule has 0 radical (unpaired) electrons. The van der Waals surface area contributed by atoms with Crippen LogP contribution in [0.25, 0.3) is 6.08 Å². The molecule has 0 spiro atoms. The first kappa shape index (κ1) is 18.8. The summed E-state index contributed by atoms with van der Waals surface area (Å²) in [4.78, 5) is 11.8. The van der Waals surface area contributed by atoms with Gasteiger partial charge < -0.3 is 9.84 Å². The van der Waals surface area contributed by atoms with Crippen LogP contribution in [0.1, 0.15) is 44.3 Å². The third-order valence-corrected chi connectivity index (χ3v) is 6.68. The highest BCUT2D eigenvalue weighted by atomic mass is 16.5. The molecule has 1 N–H and O–H groups in total. The lowest BCUT2D eigenvalue weighted by molar-refractivity contribution is 0.0599. The SMILES string of the molecule is COC(=O)c1ccc(C[C@]2(C3=Cc4ccccc4C3)Cc3ccccc3[C@H]2O)cc1. The van der Waals surface area contributed by atoms with Gasteiger partial charge in [0.2, 0.25) is 0 Å². The van der Waals surface area contributed by atoms with E-state index in [0.29, 0.717) is 12.0 Å². The lowest BCUT2D eigenvalue weighted by Gasteiger charge is -2.35. The number of aliphatic hydroxyl groups is 1. The molecule has 0 bridgehead atoms. The number of carbonyl (C=O) groups is 1. The average molecular weight is 396 g/mol. The summed E-state index contributed by atoms with van der Waals surface area (Å²) in [5.41, 5.74) is 7.34. The number of carbonyl (C=O) groups excluding carboxylic acids is 1. The molecule has 0 fully saturated rings. The minimum Gasteiger partial charge on any atom is -0.465 e. The Labute approximate surface area is 176 Å². The smallest absolute Gasteiger partial charge is 0.337 e. The number of benzene rings is 3. The molecule has 3 nitrogen and oxygen atoms in total. The Hall–Kier alpha value is -3.17. The number of fused-ring (bicyclic) bond motifs is 2. The van der Waals surface area contributed by atoms with Crippen LogP contribution in [0.3, 0.4) is 0 Å². The van der Waals surface area contributed by atoms with Gasteiger partial charge in [-0.15, -0.1) is 0 Å². The van der Waals surface area contributed by atoms with E-state index in [-0.39, 0.29) is 5.97 Å². The van der Waals surface area contributed by atoms with Crippen LogP contribution in [0, 0.1) is 5.41 Å². The van der Waals surface area contributed by atoms with Crippen molar-refractivity contribution in [2.75, 3.05) is 7.11 Å². The minimum absolute atomic E-state index is 0.335. The van der Waals surface area contributed by atoms with Crippen LogP contribution in [-0.4, -0.2) is 18.2 Å². The van der Waals surface area contributed by atoms with Crippen molar-refractivity contribution in [3.8, 4) is 0 Å². The quantitative estimate of drug-likeness (QED) is 0.636. The van der Waals surface area contributed by atoms with Crippen LogP contribution in [0.5, 0.6) is 0 Å². The van der Waals surface area contributed by atoms with Crippen LogP contribution in [-0.2, 0) is 24.0 Å². The summed E-state index contributed by atoms with van der Waals surface area (Å²) in [5, 5.41) is 11.6. The van der Waals surface area contributed by atoms with Crippen LogP contribution in [0.2, 0.25) is 0 Å². The topological polar surface area (TPSA) is 46.5 Å². The number of aliphatic hydroxyl groups excluding tert-OH is 1. The summed E-state index contributed by atoms with van der Waals surface area (Å²) in [6.07, 6.45) is 4.09. The molecule has 0 aromatic heterocycles. The van der Waals surface area contributed by atoms with Crippen molar-refractivity contribution in [2.24, 2.45) is 5.41 Å². The highest BCUT2D eigenvalue weighted by Crippen LogP contribution is 2.54. The Kier molecular flexibility index (Phi) is 4.56. The number of hydrogen-bond donors (Lipinski definition) is 1. The zero-order chi connectivity index (χ0) is 20.7. The van der Waals surface area contributed by atoms with Gasteiger partial charge in [-0.25, -0.2) is 4.79 Å². The summed E-state index contributed by atoms with van der Waals surface area (Å²) >= 11 is 0. The summed E-state index contributed by atoms with van der Waals surface area (Å²) in [6.45, 7) is 0. The predicted octanol–water partition coefficient (Wildman–Crippen LogP) is 4.93. The highest BCUT2D eigenvalue weighted by Gasteiger charge is 2.48. The molecular formula is C27H24O3. The molecule has 3 aromatic carbocycles. The Morgan fingerprint density at radius 2 is 1.70 bits per heavy atom. The van der Waals surface area contributed by atoms with Gasteiger partial charge in [0.05, 0.1) is 18.8 Å². The maximum atomic E-state index is 11.8. The number of ether oxygens (including phenoxy) is 1. The van der Waals surface area contributed by atoms with Gasteiger partial charge in [0.25, 0.3) is 0 Å². The normalized spacial score (nSPS) is 21.7. The van der Waals surface area contributed by atoms with Crippen LogP contribution < -0.4 is 0 Å². The molecule has 0 unspecified atom stereocenters. The summed E-state index contributed by atoms with van der Waals surface area (Å²) in [5.74, 6) is -0.335. The standard InChI is InChI=1S/C27H24O3/c1-30-26(29)19-12-10-18(11-13-19)16-27(17-22-8-4-5-9-24(22)25(27)28)23-14-20-6-2-3-7-21(20)15-23/h2-14,25,28H,15-17H2,1H3/t25-,27-/m1/s1. The maximum absolute atomic E-state index is 11.8. The van der Waals surface area contributed by atoms with Crippen molar-refractivity contribution in [3.05, 3.63) is 112 Å². The Bertz CT molecular complexity index is 1140. The second-order valence-corrected chi connectivity index (χ2v) is 8.34. The van der Waals surface area contributed by atoms with E-state index < -0.39 is 11.5 Å². The number of esters is 1. The Morgan fingerprint density at radius 3 is 2.40 bits per heavy atom. The number of methoxy groups -OCH3 is 1. The molecule has 2 aliphatic carbocycles. The second kappa shape index (κ2) is 7.26. The molecule has 0 saturated carbocycles. The largest absolute Gasteiger partial charge is 0.465 e. The fourth-order valence-electron chi connectivity index (χ4n) is 5.10. The fraction of sp³-hybridized carbons (Fsp3) is 0.222. The van der Waals surface area contributed by atoms with E-state index in [0.717, 1.165) is 24.0 Å². The third kappa shape index (κ3) is 2.98. The lowest BCUT2D eigenvalue weighted by atomic mass is 9.70. The summed E-state index contributed by atoms with van der Waals surface area (Å²) in [6, 6.07) is 24.3. The van der Waals surface area contributed by atoms with E-state index >= 15 is 0 Å². The molecule has 0 heterocycles. The van der Waals surface area contributed by atoms with Gasteiger partial charge in [0.15, 0.2) is 0 Å². The maximum Gasteiger partial charge on any atom is 0.337 e. The molecule has 0 aliphatic heterocycles. The molecule has 2 aliphatic rings. The summed E-state index contributed by atoms with van der Waals surface area (Å²) < 4.78 is 4.82. The van der Waals surface area contributed by atoms with E-state index in [9.17, 15) is 9.90 Å². The zero-order valence-corrected chi connectivity index (χ0v) is 17.0. The van der Waals surface area contributed by atoms with Crippen molar-refractivity contribution < 1.29 is 14.6 Å². The molecule has 0 saturated heterocycles. The molecule has 3 aromatic rings. The van der Waals surface area contributed by atoms with E-state index in [1.807, 2.05) is 30.3 Å². The van der Waals surface area contributed by atoms with E-state index in [2.05, 4.69) is 36.4 Å². The van der Waals surface area contributed by atoms with E-state index in [4.69, 9.17) is 4.74 Å². The van der Waals surface area contributed by atoms with Crippen LogP contribution >= 0.6 is 0 Å². The highest BCUT2D eigenvalue weighted by molar-refractivity contribution is 5.89. The first-order valence-electron chi connectivity index (χ1n) is 10.3. The average Bonchev–Trinajstić information content (AvgIpc) is 3.34. The summed E-state index contributed by atoms with van der Waals surface area (Å²) in [7, 11) is 1.39. The predicted molar refractivity (Wildman–Crippen MR) is 117 cm³/mol. The van der Waals surface area contributed by atoms with Gasteiger partial charge in [0.1, 0.15) is 0 Å². The number of hydrogen-bond acceptors (Lipinski definition) is 3. The van der Waals surface area contributed by atoms with E-state index in [1.54, 1.807) is 12.1 Å². The lowest BCUT2D eigenvalue weighted by Crippen LogP contribution is -2.31. The molecule has 150 valence electrons. The van der Waals surface area contributed by atoms with Crippen molar-refractivity contribution in [1.82, 2.24) is 0 Å². The molecular weight excluding hydrogens is 372 g/mol. The molecule has 5 rings (SSSR count). The van der Waals surface area contributed by atoms with Gasteiger partial charge in [0, 0.05) is 5.41 Å². The first-order valence-corrected chi connectivity index (χ1v) is 10.3. The van der Waals surface area contributed by atoms with Crippen molar-refractivity contribution in [1.29, 1.82) is 0 Å². The monoisotopic (exact) mass is 396 g/mol.